The Morgan fingerprint density at radius 3 is 2.74 bits per heavy atom. The van der Waals surface area contributed by atoms with Crippen LogP contribution in [0, 0.1) is 5.92 Å². The molecule has 1 aliphatic heterocycles. The second kappa shape index (κ2) is 7.80. The van der Waals surface area contributed by atoms with Gasteiger partial charge in [-0.25, -0.2) is 0 Å². The molecule has 2 heterocycles. The molecule has 140 valence electrons. The van der Waals surface area contributed by atoms with Crippen LogP contribution in [0.2, 0.25) is 10.0 Å². The van der Waals surface area contributed by atoms with Crippen molar-refractivity contribution >= 4 is 50.6 Å². The number of hydrogen-bond acceptors (Lipinski definition) is 3. The number of thiophene rings is 1. The first-order chi connectivity index (χ1) is 13.0. The second-order valence-electron chi connectivity index (χ2n) is 6.93. The Morgan fingerprint density at radius 2 is 2.00 bits per heavy atom. The first kappa shape index (κ1) is 18.8. The second-order valence-corrected chi connectivity index (χ2v) is 8.89. The number of carboxylic acids is 1. The third kappa shape index (κ3) is 3.85. The van der Waals surface area contributed by atoms with Gasteiger partial charge in [0.25, 0.3) is 0 Å². The Bertz CT molecular complexity index is 954. The molecule has 2 unspecified atom stereocenters. The lowest BCUT2D eigenvalue weighted by atomic mass is 9.94. The van der Waals surface area contributed by atoms with Crippen LogP contribution >= 0.6 is 34.5 Å². The van der Waals surface area contributed by atoms with Crippen LogP contribution in [0.15, 0.2) is 48.5 Å². The van der Waals surface area contributed by atoms with Crippen LogP contribution in [-0.2, 0) is 4.79 Å². The van der Waals surface area contributed by atoms with E-state index >= 15 is 0 Å². The van der Waals surface area contributed by atoms with Crippen molar-refractivity contribution in [3.63, 3.8) is 0 Å². The van der Waals surface area contributed by atoms with Crippen molar-refractivity contribution in [3.8, 4) is 0 Å². The molecule has 0 spiro atoms. The number of fused-ring (bicyclic) bond motifs is 1. The van der Waals surface area contributed by atoms with Gasteiger partial charge in [-0.05, 0) is 54.6 Å². The van der Waals surface area contributed by atoms with Gasteiger partial charge in [-0.2, -0.15) is 0 Å². The van der Waals surface area contributed by atoms with Gasteiger partial charge in [-0.3, -0.25) is 9.69 Å². The monoisotopic (exact) mass is 419 g/mol. The summed E-state index contributed by atoms with van der Waals surface area (Å²) in [5.41, 5.74) is 0.971. The average molecular weight is 420 g/mol. The molecule has 2 atom stereocenters. The Labute approximate surface area is 172 Å². The van der Waals surface area contributed by atoms with Crippen LogP contribution in [-0.4, -0.2) is 29.1 Å². The van der Waals surface area contributed by atoms with Gasteiger partial charge >= 0.3 is 5.97 Å². The number of benzene rings is 2. The Hall–Kier alpha value is -1.59. The third-order valence-electron chi connectivity index (χ3n) is 5.14. The smallest absolute Gasteiger partial charge is 0.307 e. The molecule has 1 fully saturated rings. The van der Waals surface area contributed by atoms with Crippen molar-refractivity contribution < 1.29 is 9.90 Å². The van der Waals surface area contributed by atoms with E-state index in [1.54, 1.807) is 17.4 Å². The van der Waals surface area contributed by atoms with Gasteiger partial charge in [0.1, 0.15) is 0 Å². The lowest BCUT2D eigenvalue weighted by Gasteiger charge is -2.37. The van der Waals surface area contributed by atoms with E-state index in [1.807, 2.05) is 24.3 Å². The third-order valence-corrected chi connectivity index (χ3v) is 6.87. The summed E-state index contributed by atoms with van der Waals surface area (Å²) < 4.78 is 1.22. The molecule has 1 N–H and O–H groups in total. The predicted molar refractivity (Wildman–Crippen MR) is 112 cm³/mol. The van der Waals surface area contributed by atoms with E-state index in [0.29, 0.717) is 16.6 Å². The minimum absolute atomic E-state index is 0.0747. The molecule has 1 saturated heterocycles. The molecule has 27 heavy (non-hydrogen) atoms. The fourth-order valence-corrected chi connectivity index (χ4v) is 5.56. The SMILES string of the molecule is O=C(O)C1CCCN(C(c2cc3ccccc3s2)c2ccc(Cl)cc2Cl)C1. The van der Waals surface area contributed by atoms with E-state index in [0.717, 1.165) is 24.9 Å². The summed E-state index contributed by atoms with van der Waals surface area (Å²) >= 11 is 14.4. The number of carboxylic acid groups (broad SMARTS) is 1. The summed E-state index contributed by atoms with van der Waals surface area (Å²) in [7, 11) is 0. The number of nitrogens with zero attached hydrogens (tertiary/aromatic N) is 1. The highest BCUT2D eigenvalue weighted by Crippen LogP contribution is 2.41. The molecular weight excluding hydrogens is 401 g/mol. The van der Waals surface area contributed by atoms with Crippen LogP contribution < -0.4 is 0 Å². The summed E-state index contributed by atoms with van der Waals surface area (Å²) in [5, 5.41) is 11.9. The van der Waals surface area contributed by atoms with Crippen molar-refractivity contribution in [2.24, 2.45) is 5.92 Å². The number of halogens is 2. The van der Waals surface area contributed by atoms with Gasteiger partial charge in [-0.15, -0.1) is 11.3 Å². The maximum absolute atomic E-state index is 11.6. The Balaban J connectivity index is 1.80. The summed E-state index contributed by atoms with van der Waals surface area (Å²) in [6.45, 7) is 1.37. The predicted octanol–water partition coefficient (Wildman–Crippen LogP) is 6.09. The number of aliphatic carboxylic acids is 1. The van der Waals surface area contributed by atoms with E-state index in [2.05, 4.69) is 23.1 Å². The Morgan fingerprint density at radius 1 is 1.19 bits per heavy atom. The molecule has 3 nitrogen and oxygen atoms in total. The molecule has 0 radical (unpaired) electrons. The summed E-state index contributed by atoms with van der Waals surface area (Å²) in [6.07, 6.45) is 1.59. The normalized spacial score (nSPS) is 19.3. The van der Waals surface area contributed by atoms with Crippen LogP contribution in [0.3, 0.4) is 0 Å². The zero-order valence-corrected chi connectivity index (χ0v) is 16.9. The maximum atomic E-state index is 11.6. The molecule has 1 aromatic heterocycles. The van der Waals surface area contributed by atoms with Crippen LogP contribution in [0.5, 0.6) is 0 Å². The van der Waals surface area contributed by atoms with E-state index < -0.39 is 5.97 Å². The fraction of sp³-hybridized carbons (Fsp3) is 0.286. The van der Waals surface area contributed by atoms with Gasteiger partial charge < -0.3 is 5.11 Å². The van der Waals surface area contributed by atoms with E-state index in [1.165, 1.54) is 15.0 Å². The van der Waals surface area contributed by atoms with Gasteiger partial charge in [0.05, 0.1) is 12.0 Å². The molecule has 1 aliphatic rings. The van der Waals surface area contributed by atoms with Gasteiger partial charge in [0.15, 0.2) is 0 Å². The Kier molecular flexibility index (Phi) is 5.42. The molecule has 0 bridgehead atoms. The molecule has 4 rings (SSSR count). The highest BCUT2D eigenvalue weighted by molar-refractivity contribution is 7.19. The first-order valence-electron chi connectivity index (χ1n) is 8.93. The molecule has 0 aliphatic carbocycles. The largest absolute Gasteiger partial charge is 0.481 e. The molecule has 3 aromatic rings. The van der Waals surface area contributed by atoms with E-state index in [-0.39, 0.29) is 12.0 Å². The minimum atomic E-state index is -0.725. The average Bonchev–Trinajstić information content (AvgIpc) is 3.07. The zero-order valence-electron chi connectivity index (χ0n) is 14.6. The lowest BCUT2D eigenvalue weighted by molar-refractivity contribution is -0.143. The van der Waals surface area contributed by atoms with Gasteiger partial charge in [0.2, 0.25) is 0 Å². The number of hydrogen-bond donors (Lipinski definition) is 1. The van der Waals surface area contributed by atoms with Crippen molar-refractivity contribution in [2.45, 2.75) is 18.9 Å². The maximum Gasteiger partial charge on any atom is 0.307 e. The molecule has 6 heteroatoms. The highest BCUT2D eigenvalue weighted by atomic mass is 35.5. The standard InChI is InChI=1S/C21H19Cl2NO2S/c22-15-7-8-16(17(23)11-15)20(24-9-3-5-14(12-24)21(25)26)19-10-13-4-1-2-6-18(13)27-19/h1-2,4,6-8,10-11,14,20H,3,5,9,12H2,(H,25,26). The molecule has 0 saturated carbocycles. The molecule has 2 aromatic carbocycles. The van der Waals surface area contributed by atoms with Crippen molar-refractivity contribution in [1.29, 1.82) is 0 Å². The highest BCUT2D eigenvalue weighted by Gasteiger charge is 2.33. The fourth-order valence-electron chi connectivity index (χ4n) is 3.83. The van der Waals surface area contributed by atoms with Crippen molar-refractivity contribution in [1.82, 2.24) is 4.90 Å². The number of piperidine rings is 1. The number of carbonyl (C=O) groups is 1. The van der Waals surface area contributed by atoms with E-state index in [4.69, 9.17) is 23.2 Å². The minimum Gasteiger partial charge on any atom is -0.481 e. The number of likely N-dealkylation sites (tertiary alicyclic amines) is 1. The summed E-state index contributed by atoms with van der Waals surface area (Å²) in [5.74, 6) is -1.07. The summed E-state index contributed by atoms with van der Waals surface area (Å²) in [6, 6.07) is 16.0. The lowest BCUT2D eigenvalue weighted by Crippen LogP contribution is -2.41. The quantitative estimate of drug-likeness (QED) is 0.555. The first-order valence-corrected chi connectivity index (χ1v) is 10.5. The van der Waals surface area contributed by atoms with E-state index in [9.17, 15) is 9.90 Å². The van der Waals surface area contributed by atoms with Crippen molar-refractivity contribution in [2.75, 3.05) is 13.1 Å². The van der Waals surface area contributed by atoms with Crippen molar-refractivity contribution in [3.05, 3.63) is 69.0 Å². The van der Waals surface area contributed by atoms with Crippen LogP contribution in [0.4, 0.5) is 0 Å². The van der Waals surface area contributed by atoms with Crippen LogP contribution in [0.25, 0.3) is 10.1 Å². The van der Waals surface area contributed by atoms with Gasteiger partial charge in [0, 0.05) is 26.2 Å². The molecular formula is C21H19Cl2NO2S. The number of rotatable bonds is 4. The topological polar surface area (TPSA) is 40.5 Å². The molecule has 0 amide bonds. The van der Waals surface area contributed by atoms with Gasteiger partial charge in [-0.1, -0.05) is 47.5 Å². The van der Waals surface area contributed by atoms with Crippen LogP contribution in [0.1, 0.15) is 29.3 Å². The summed E-state index contributed by atoms with van der Waals surface area (Å²) in [4.78, 5) is 15.0. The zero-order chi connectivity index (χ0) is 19.0.